The van der Waals surface area contributed by atoms with Crippen molar-refractivity contribution in [3.8, 4) is 6.07 Å². The number of fused-ring (bicyclic) bond motifs is 1. The molecule has 0 amide bonds. The normalized spacial score (nSPS) is 11.6. The number of rotatable bonds is 0. The number of nitriles is 1. The fourth-order valence-electron chi connectivity index (χ4n) is 2.01. The first-order valence-corrected chi connectivity index (χ1v) is 6.16. The summed E-state index contributed by atoms with van der Waals surface area (Å²) < 4.78 is 0. The molecule has 0 spiro atoms. The lowest BCUT2D eigenvalue weighted by Gasteiger charge is -2.19. The number of pyridine rings is 1. The van der Waals surface area contributed by atoms with Crippen LogP contribution in [0.5, 0.6) is 0 Å². The maximum Gasteiger partial charge on any atom is 0.0999 e. The van der Waals surface area contributed by atoms with E-state index >= 15 is 0 Å². The number of hydrogen-bond donors (Lipinski definition) is 0. The standard InChI is InChI=1S/C16H18N2/c1-10-6-7-13-12(9-17)8-14(16(3,4)5)18-15(13)11(10)2/h6-8H,1-5H3. The van der Waals surface area contributed by atoms with Gasteiger partial charge < -0.3 is 0 Å². The predicted octanol–water partition coefficient (Wildman–Crippen LogP) is 4.02. The van der Waals surface area contributed by atoms with E-state index in [4.69, 9.17) is 4.98 Å². The Labute approximate surface area is 108 Å². The van der Waals surface area contributed by atoms with Gasteiger partial charge in [-0.15, -0.1) is 0 Å². The lowest BCUT2D eigenvalue weighted by atomic mass is 9.89. The molecule has 0 fully saturated rings. The lowest BCUT2D eigenvalue weighted by molar-refractivity contribution is 0.571. The highest BCUT2D eigenvalue weighted by Crippen LogP contribution is 2.28. The van der Waals surface area contributed by atoms with Gasteiger partial charge in [-0.2, -0.15) is 5.26 Å². The molecule has 2 heteroatoms. The Bertz CT molecular complexity index is 655. The van der Waals surface area contributed by atoms with E-state index in [1.54, 1.807) is 0 Å². The van der Waals surface area contributed by atoms with Crippen LogP contribution in [0.4, 0.5) is 0 Å². The highest BCUT2D eigenvalue weighted by Gasteiger charge is 2.18. The van der Waals surface area contributed by atoms with Gasteiger partial charge in [-0.25, -0.2) is 0 Å². The molecule has 0 radical (unpaired) electrons. The molecule has 92 valence electrons. The molecule has 0 bridgehead atoms. The van der Waals surface area contributed by atoms with Crippen LogP contribution in [0.3, 0.4) is 0 Å². The molecule has 0 saturated heterocycles. The summed E-state index contributed by atoms with van der Waals surface area (Å²) in [7, 11) is 0. The van der Waals surface area contributed by atoms with Crippen LogP contribution in [0.2, 0.25) is 0 Å². The van der Waals surface area contributed by atoms with Gasteiger partial charge in [0.25, 0.3) is 0 Å². The SMILES string of the molecule is Cc1ccc2c(C#N)cc(C(C)(C)C)nc2c1C. The van der Waals surface area contributed by atoms with Gasteiger partial charge in [0.05, 0.1) is 17.1 Å². The molecule has 0 saturated carbocycles. The number of aromatic nitrogens is 1. The van der Waals surface area contributed by atoms with E-state index in [2.05, 4.69) is 46.8 Å². The highest BCUT2D eigenvalue weighted by molar-refractivity contribution is 5.88. The van der Waals surface area contributed by atoms with Crippen molar-refractivity contribution in [2.75, 3.05) is 0 Å². The third-order valence-electron chi connectivity index (χ3n) is 3.39. The monoisotopic (exact) mass is 238 g/mol. The van der Waals surface area contributed by atoms with Gasteiger partial charge in [-0.3, -0.25) is 4.98 Å². The van der Waals surface area contributed by atoms with Gasteiger partial charge in [0.1, 0.15) is 0 Å². The van der Waals surface area contributed by atoms with Crippen LogP contribution in [0.25, 0.3) is 10.9 Å². The van der Waals surface area contributed by atoms with Gasteiger partial charge >= 0.3 is 0 Å². The number of nitrogens with zero attached hydrogens (tertiary/aromatic N) is 2. The van der Waals surface area contributed by atoms with Gasteiger partial charge in [-0.1, -0.05) is 32.9 Å². The molecule has 0 aliphatic heterocycles. The van der Waals surface area contributed by atoms with E-state index in [0.717, 1.165) is 22.2 Å². The fraction of sp³-hybridized carbons (Fsp3) is 0.375. The van der Waals surface area contributed by atoms with Gasteiger partial charge in [0.2, 0.25) is 0 Å². The zero-order valence-electron chi connectivity index (χ0n) is 11.6. The Morgan fingerprint density at radius 2 is 1.83 bits per heavy atom. The highest BCUT2D eigenvalue weighted by atomic mass is 14.7. The first-order valence-electron chi connectivity index (χ1n) is 6.16. The second kappa shape index (κ2) is 4.10. The van der Waals surface area contributed by atoms with Crippen molar-refractivity contribution in [1.29, 1.82) is 5.26 Å². The summed E-state index contributed by atoms with van der Waals surface area (Å²) in [4.78, 5) is 4.76. The van der Waals surface area contributed by atoms with E-state index in [0.29, 0.717) is 5.56 Å². The van der Waals surface area contributed by atoms with Crippen LogP contribution in [0, 0.1) is 25.2 Å². The second-order valence-electron chi connectivity index (χ2n) is 5.82. The van der Waals surface area contributed by atoms with E-state index in [-0.39, 0.29) is 5.41 Å². The minimum atomic E-state index is -0.0457. The molecular weight excluding hydrogens is 220 g/mol. The zero-order chi connectivity index (χ0) is 13.5. The predicted molar refractivity (Wildman–Crippen MR) is 74.6 cm³/mol. The molecule has 1 heterocycles. The fourth-order valence-corrected chi connectivity index (χ4v) is 2.01. The Kier molecular flexibility index (Phi) is 2.86. The minimum Gasteiger partial charge on any atom is -0.252 e. The molecule has 2 nitrogen and oxygen atoms in total. The quantitative estimate of drug-likeness (QED) is 0.695. The first kappa shape index (κ1) is 12.6. The van der Waals surface area contributed by atoms with Crippen LogP contribution in [0.1, 0.15) is 43.2 Å². The molecular formula is C16H18N2. The average Bonchev–Trinajstić information content (AvgIpc) is 2.31. The van der Waals surface area contributed by atoms with Gasteiger partial charge in [-0.05, 0) is 31.0 Å². The summed E-state index contributed by atoms with van der Waals surface area (Å²) in [6, 6.07) is 8.25. The largest absolute Gasteiger partial charge is 0.252 e. The van der Waals surface area contributed by atoms with Crippen LogP contribution in [-0.2, 0) is 5.41 Å². The molecule has 0 N–H and O–H groups in total. The third-order valence-corrected chi connectivity index (χ3v) is 3.39. The molecule has 1 aromatic carbocycles. The van der Waals surface area contributed by atoms with Gasteiger partial charge in [0, 0.05) is 16.5 Å². The van der Waals surface area contributed by atoms with Crippen molar-refractivity contribution >= 4 is 10.9 Å². The lowest BCUT2D eigenvalue weighted by Crippen LogP contribution is -2.14. The van der Waals surface area contributed by atoms with Crippen molar-refractivity contribution in [3.05, 3.63) is 40.6 Å². The maximum atomic E-state index is 9.31. The summed E-state index contributed by atoms with van der Waals surface area (Å²) in [6.45, 7) is 10.5. The van der Waals surface area contributed by atoms with Crippen LogP contribution in [-0.4, -0.2) is 4.98 Å². The summed E-state index contributed by atoms with van der Waals surface area (Å²) in [5, 5.41) is 10.3. The third kappa shape index (κ3) is 1.97. The van der Waals surface area contributed by atoms with Crippen LogP contribution >= 0.6 is 0 Å². The summed E-state index contributed by atoms with van der Waals surface area (Å²) in [5.74, 6) is 0. The Morgan fingerprint density at radius 3 is 2.39 bits per heavy atom. The molecule has 0 aliphatic carbocycles. The summed E-state index contributed by atoms with van der Waals surface area (Å²) in [5.41, 5.74) is 4.97. The summed E-state index contributed by atoms with van der Waals surface area (Å²) in [6.07, 6.45) is 0. The molecule has 0 unspecified atom stereocenters. The molecule has 2 rings (SSSR count). The van der Waals surface area contributed by atoms with Crippen molar-refractivity contribution < 1.29 is 0 Å². The van der Waals surface area contributed by atoms with E-state index in [9.17, 15) is 5.26 Å². The molecule has 1 aromatic heterocycles. The maximum absolute atomic E-state index is 9.31. The topological polar surface area (TPSA) is 36.7 Å². The van der Waals surface area contributed by atoms with Crippen molar-refractivity contribution in [2.24, 2.45) is 0 Å². The van der Waals surface area contributed by atoms with E-state index in [1.165, 1.54) is 5.56 Å². The Morgan fingerprint density at radius 1 is 1.17 bits per heavy atom. The Balaban J connectivity index is 2.91. The molecule has 18 heavy (non-hydrogen) atoms. The molecule has 0 aliphatic rings. The zero-order valence-corrected chi connectivity index (χ0v) is 11.6. The van der Waals surface area contributed by atoms with Gasteiger partial charge in [0.15, 0.2) is 0 Å². The van der Waals surface area contributed by atoms with Crippen molar-refractivity contribution in [3.63, 3.8) is 0 Å². The van der Waals surface area contributed by atoms with Crippen LogP contribution in [0.15, 0.2) is 18.2 Å². The van der Waals surface area contributed by atoms with Crippen molar-refractivity contribution in [1.82, 2.24) is 4.98 Å². The van der Waals surface area contributed by atoms with Crippen molar-refractivity contribution in [2.45, 2.75) is 40.0 Å². The number of aryl methyl sites for hydroxylation is 2. The molecule has 2 aromatic rings. The van der Waals surface area contributed by atoms with E-state index < -0.39 is 0 Å². The Hall–Kier alpha value is -1.88. The van der Waals surface area contributed by atoms with Crippen LogP contribution < -0.4 is 0 Å². The average molecular weight is 238 g/mol. The molecule has 0 atom stereocenters. The smallest absolute Gasteiger partial charge is 0.0999 e. The second-order valence-corrected chi connectivity index (χ2v) is 5.82. The number of hydrogen-bond acceptors (Lipinski definition) is 2. The minimum absolute atomic E-state index is 0.0457. The summed E-state index contributed by atoms with van der Waals surface area (Å²) >= 11 is 0. The number of benzene rings is 1. The first-order chi connectivity index (χ1) is 8.34. The van der Waals surface area contributed by atoms with E-state index in [1.807, 2.05) is 12.1 Å².